The normalized spacial score (nSPS) is 13.4. The number of amides is 2. The summed E-state index contributed by atoms with van der Waals surface area (Å²) in [5, 5.41) is 3.09. The summed E-state index contributed by atoms with van der Waals surface area (Å²) >= 11 is 0. The molecule has 2 amide bonds. The van der Waals surface area contributed by atoms with Crippen LogP contribution < -0.4 is 11.1 Å². The number of carbonyl (C=O) groups excluding carboxylic acids is 2. The number of carbonyl (C=O) groups is 2. The minimum absolute atomic E-state index is 0. The van der Waals surface area contributed by atoms with E-state index in [-0.39, 0.29) is 35.8 Å². The van der Waals surface area contributed by atoms with Gasteiger partial charge >= 0.3 is 0 Å². The Morgan fingerprint density at radius 1 is 1.00 bits per heavy atom. The van der Waals surface area contributed by atoms with E-state index >= 15 is 0 Å². The van der Waals surface area contributed by atoms with Crippen molar-refractivity contribution in [1.29, 1.82) is 0 Å². The van der Waals surface area contributed by atoms with Crippen LogP contribution in [0.2, 0.25) is 0 Å². The van der Waals surface area contributed by atoms with E-state index in [2.05, 4.69) is 16.4 Å². The Bertz CT molecular complexity index is 856. The number of rotatable bonds is 6. The Labute approximate surface area is 182 Å². The molecule has 0 unspecified atom stereocenters. The number of benzene rings is 2. The second kappa shape index (κ2) is 9.68. The van der Waals surface area contributed by atoms with Gasteiger partial charge in [0, 0.05) is 18.8 Å². The van der Waals surface area contributed by atoms with Gasteiger partial charge in [-0.15, -0.1) is 24.0 Å². The first kappa shape index (κ1) is 21.9. The van der Waals surface area contributed by atoms with Crippen molar-refractivity contribution >= 4 is 47.4 Å². The van der Waals surface area contributed by atoms with E-state index < -0.39 is 0 Å². The van der Waals surface area contributed by atoms with Crippen molar-refractivity contribution in [1.82, 2.24) is 4.90 Å². The summed E-state index contributed by atoms with van der Waals surface area (Å²) in [5.41, 5.74) is 10.1. The van der Waals surface area contributed by atoms with Crippen LogP contribution in [-0.4, -0.2) is 35.8 Å². The first-order chi connectivity index (χ1) is 13.0. The molecule has 1 heterocycles. The van der Waals surface area contributed by atoms with Crippen molar-refractivity contribution < 1.29 is 9.59 Å². The third kappa shape index (κ3) is 5.09. The summed E-state index contributed by atoms with van der Waals surface area (Å²) in [7, 11) is 0. The molecule has 28 heavy (non-hydrogen) atoms. The molecule has 1 aliphatic heterocycles. The number of unbranched alkanes of at least 4 members (excludes halogenated alkanes) is 1. The average molecular weight is 492 g/mol. The van der Waals surface area contributed by atoms with Crippen LogP contribution in [0.25, 0.3) is 0 Å². The molecule has 148 valence electrons. The number of hydrogen-bond acceptors (Lipinski definition) is 3. The number of halogens is 1. The zero-order valence-electron chi connectivity index (χ0n) is 16.1. The van der Waals surface area contributed by atoms with E-state index in [1.807, 2.05) is 26.0 Å². The lowest BCUT2D eigenvalue weighted by Gasteiger charge is -2.13. The van der Waals surface area contributed by atoms with Crippen LogP contribution in [0.4, 0.5) is 5.69 Å². The van der Waals surface area contributed by atoms with Gasteiger partial charge < -0.3 is 11.1 Å². The number of hydrogen-bond donors (Lipinski definition) is 2. The van der Waals surface area contributed by atoms with Crippen LogP contribution in [0, 0.1) is 13.8 Å². The largest absolute Gasteiger partial charge is 0.370 e. The van der Waals surface area contributed by atoms with Crippen molar-refractivity contribution in [3.05, 3.63) is 64.7 Å². The number of imide groups is 1. The molecule has 3 N–H and O–H groups in total. The van der Waals surface area contributed by atoms with Gasteiger partial charge in [-0.05, 0) is 62.1 Å². The summed E-state index contributed by atoms with van der Waals surface area (Å²) in [6, 6.07) is 13.0. The van der Waals surface area contributed by atoms with E-state index in [1.165, 1.54) is 4.90 Å². The maximum Gasteiger partial charge on any atom is 0.261 e. The van der Waals surface area contributed by atoms with Gasteiger partial charge in [0.25, 0.3) is 11.8 Å². The van der Waals surface area contributed by atoms with Gasteiger partial charge in [0.05, 0.1) is 11.1 Å². The van der Waals surface area contributed by atoms with E-state index in [1.54, 1.807) is 24.3 Å². The zero-order chi connectivity index (χ0) is 19.4. The molecule has 0 spiro atoms. The van der Waals surface area contributed by atoms with Crippen LogP contribution in [0.1, 0.15) is 44.7 Å². The lowest BCUT2D eigenvalue weighted by Crippen LogP contribution is -2.30. The number of nitrogens with two attached hydrogens (primary N) is 1. The minimum atomic E-state index is -0.213. The molecule has 7 heteroatoms. The quantitative estimate of drug-likeness (QED) is 0.212. The number of aryl methyl sites for hydroxylation is 2. The highest BCUT2D eigenvalue weighted by atomic mass is 127. The molecule has 0 aliphatic carbocycles. The fourth-order valence-corrected chi connectivity index (χ4v) is 3.26. The Morgan fingerprint density at radius 3 is 2.14 bits per heavy atom. The van der Waals surface area contributed by atoms with Crippen molar-refractivity contribution in [2.75, 3.05) is 18.4 Å². The number of guanidine groups is 1. The molecule has 0 aromatic heterocycles. The molecular weight excluding hydrogens is 467 g/mol. The summed E-state index contributed by atoms with van der Waals surface area (Å²) in [6.45, 7) is 4.99. The molecule has 2 aromatic rings. The lowest BCUT2D eigenvalue weighted by molar-refractivity contribution is 0.0652. The van der Waals surface area contributed by atoms with E-state index in [0.717, 1.165) is 23.2 Å². The van der Waals surface area contributed by atoms with E-state index in [4.69, 9.17) is 5.73 Å². The van der Waals surface area contributed by atoms with Crippen molar-refractivity contribution in [2.24, 2.45) is 10.7 Å². The van der Waals surface area contributed by atoms with E-state index in [0.29, 0.717) is 36.6 Å². The summed E-state index contributed by atoms with van der Waals surface area (Å²) in [5.74, 6) is -0.0640. The van der Waals surface area contributed by atoms with Gasteiger partial charge in [-0.2, -0.15) is 0 Å². The average Bonchev–Trinajstić information content (AvgIpc) is 2.85. The SMILES string of the molecule is Cc1cc(C)cc(NC(N)=NCCCCN2C(=O)c3ccccc3C2=O)c1.I. The highest BCUT2D eigenvalue weighted by molar-refractivity contribution is 14.0. The van der Waals surface area contributed by atoms with Crippen LogP contribution >= 0.6 is 24.0 Å². The zero-order valence-corrected chi connectivity index (χ0v) is 18.4. The first-order valence-corrected chi connectivity index (χ1v) is 9.06. The molecular formula is C21H25IN4O2. The molecule has 3 rings (SSSR count). The summed E-state index contributed by atoms with van der Waals surface area (Å²) in [4.78, 5) is 30.2. The number of anilines is 1. The van der Waals surface area contributed by atoms with Gasteiger partial charge in [-0.3, -0.25) is 19.5 Å². The van der Waals surface area contributed by atoms with Crippen LogP contribution in [0.3, 0.4) is 0 Å². The first-order valence-electron chi connectivity index (χ1n) is 9.06. The molecule has 0 saturated heterocycles. The Morgan fingerprint density at radius 2 is 1.57 bits per heavy atom. The summed E-state index contributed by atoms with van der Waals surface area (Å²) in [6.07, 6.45) is 1.43. The van der Waals surface area contributed by atoms with Crippen LogP contribution in [-0.2, 0) is 0 Å². The van der Waals surface area contributed by atoms with Gasteiger partial charge in [0.1, 0.15) is 0 Å². The number of fused-ring (bicyclic) bond motifs is 1. The van der Waals surface area contributed by atoms with Gasteiger partial charge in [0.2, 0.25) is 0 Å². The third-order valence-corrected chi connectivity index (χ3v) is 4.44. The van der Waals surface area contributed by atoms with Crippen LogP contribution in [0.5, 0.6) is 0 Å². The Kier molecular flexibility index (Phi) is 7.56. The third-order valence-electron chi connectivity index (χ3n) is 4.44. The smallest absolute Gasteiger partial charge is 0.261 e. The van der Waals surface area contributed by atoms with Crippen LogP contribution in [0.15, 0.2) is 47.5 Å². The molecule has 0 fully saturated rings. The molecule has 0 bridgehead atoms. The predicted molar refractivity (Wildman–Crippen MR) is 122 cm³/mol. The highest BCUT2D eigenvalue weighted by Gasteiger charge is 2.34. The fraction of sp³-hybridized carbons (Fsp3) is 0.286. The monoisotopic (exact) mass is 492 g/mol. The fourth-order valence-electron chi connectivity index (χ4n) is 3.26. The minimum Gasteiger partial charge on any atom is -0.370 e. The molecule has 0 atom stereocenters. The van der Waals surface area contributed by atoms with Crippen molar-refractivity contribution in [3.8, 4) is 0 Å². The standard InChI is InChI=1S/C21H24N4O2.HI/c1-14-11-15(2)13-16(12-14)24-21(22)23-9-5-6-10-25-19(26)17-7-3-4-8-18(17)20(25)27;/h3-4,7-8,11-13H,5-6,9-10H2,1-2H3,(H3,22,23,24);1H. The second-order valence-corrected chi connectivity index (χ2v) is 6.78. The van der Waals surface area contributed by atoms with E-state index in [9.17, 15) is 9.59 Å². The maximum atomic E-state index is 12.3. The van der Waals surface area contributed by atoms with Gasteiger partial charge in [-0.1, -0.05) is 18.2 Å². The molecule has 1 aliphatic rings. The lowest BCUT2D eigenvalue weighted by atomic mass is 10.1. The molecule has 2 aromatic carbocycles. The number of nitrogens with one attached hydrogen (secondary N) is 1. The van der Waals surface area contributed by atoms with Gasteiger partial charge in [0.15, 0.2) is 5.96 Å². The maximum absolute atomic E-state index is 12.3. The highest BCUT2D eigenvalue weighted by Crippen LogP contribution is 2.22. The molecule has 0 radical (unpaired) electrons. The Hall–Kier alpha value is -2.42. The second-order valence-electron chi connectivity index (χ2n) is 6.78. The topological polar surface area (TPSA) is 87.8 Å². The van der Waals surface area contributed by atoms with Crippen molar-refractivity contribution in [2.45, 2.75) is 26.7 Å². The predicted octanol–water partition coefficient (Wildman–Crippen LogP) is 3.72. The Balaban J connectivity index is 0.00000280. The number of aliphatic imine (C=N–C) groups is 1. The molecule has 6 nitrogen and oxygen atoms in total. The summed E-state index contributed by atoms with van der Waals surface area (Å²) < 4.78 is 0. The van der Waals surface area contributed by atoms with Crippen molar-refractivity contribution in [3.63, 3.8) is 0 Å². The number of nitrogens with zero attached hydrogens (tertiary/aromatic N) is 2. The van der Waals surface area contributed by atoms with Gasteiger partial charge in [-0.25, -0.2) is 0 Å². The molecule has 0 saturated carbocycles.